The monoisotopic (exact) mass is 751 g/mol. The largest absolute Gasteiger partial charge is 0.0853 e. The van der Waals surface area contributed by atoms with Crippen LogP contribution in [0.2, 0.25) is 0 Å². The number of hydrogen-bond acceptors (Lipinski definition) is 0. The minimum absolute atomic E-state index is 0.213. The predicted octanol–water partition coefficient (Wildman–Crippen LogP) is 18.4. The maximum Gasteiger partial charge on any atom is -0.00215 e. The smallest absolute Gasteiger partial charge is 0.00215 e. The fraction of sp³-hybridized carbons (Fsp3) is 0.709. The average Bonchev–Trinajstić information content (AvgIpc) is 3.21. The van der Waals surface area contributed by atoms with Crippen LogP contribution in [0.1, 0.15) is 238 Å². The van der Waals surface area contributed by atoms with E-state index in [0.29, 0.717) is 0 Å². The summed E-state index contributed by atoms with van der Waals surface area (Å²) in [5, 5.41) is 0. The van der Waals surface area contributed by atoms with Crippen LogP contribution in [0.5, 0.6) is 0 Å². The van der Waals surface area contributed by atoms with E-state index in [9.17, 15) is 0 Å². The van der Waals surface area contributed by atoms with Crippen molar-refractivity contribution in [2.45, 2.75) is 238 Å². The SMILES string of the molecule is CCCC(CC)(c1cccccccc(C(CC)(CC)CC2CCCCCCC=C(CC)CCC2)ccccc1)C1CCCCCCCCCCCCCC1. The molecule has 0 spiro atoms. The lowest BCUT2D eigenvalue weighted by molar-refractivity contribution is 0.199. The molecule has 0 heteroatoms. The van der Waals surface area contributed by atoms with E-state index in [2.05, 4.69) is 113 Å². The molecule has 0 saturated heterocycles. The Balaban J connectivity index is 1.98. The molecular formula is C55H90. The quantitative estimate of drug-likeness (QED) is 0.198. The van der Waals surface area contributed by atoms with Crippen molar-refractivity contribution in [2.75, 3.05) is 0 Å². The summed E-state index contributed by atoms with van der Waals surface area (Å²) in [7, 11) is 0. The molecule has 0 amide bonds. The van der Waals surface area contributed by atoms with E-state index in [0.717, 1.165) is 11.8 Å². The zero-order valence-corrected chi connectivity index (χ0v) is 37.4. The van der Waals surface area contributed by atoms with Crippen LogP contribution in [0.3, 0.4) is 0 Å². The maximum atomic E-state index is 2.59. The molecule has 0 aliphatic heterocycles. The van der Waals surface area contributed by atoms with Crippen LogP contribution < -0.4 is 0 Å². The van der Waals surface area contributed by atoms with Crippen molar-refractivity contribution in [2.24, 2.45) is 11.8 Å². The first-order valence-electron chi connectivity index (χ1n) is 24.5. The molecule has 1 saturated carbocycles. The van der Waals surface area contributed by atoms with Gasteiger partial charge in [0.2, 0.25) is 0 Å². The van der Waals surface area contributed by atoms with E-state index < -0.39 is 0 Å². The highest BCUT2D eigenvalue weighted by molar-refractivity contribution is 5.26. The van der Waals surface area contributed by atoms with Gasteiger partial charge in [0.1, 0.15) is 0 Å². The highest BCUT2D eigenvalue weighted by Crippen LogP contribution is 2.45. The molecule has 1 aromatic rings. The Bertz CT molecular complexity index is 1250. The van der Waals surface area contributed by atoms with Gasteiger partial charge in [-0.25, -0.2) is 0 Å². The van der Waals surface area contributed by atoms with E-state index in [4.69, 9.17) is 0 Å². The van der Waals surface area contributed by atoms with E-state index in [1.807, 2.05) is 0 Å². The van der Waals surface area contributed by atoms with Crippen LogP contribution in [-0.2, 0) is 10.8 Å². The van der Waals surface area contributed by atoms with Crippen molar-refractivity contribution in [1.29, 1.82) is 0 Å². The lowest BCUT2D eigenvalue weighted by atomic mass is 9.63. The summed E-state index contributed by atoms with van der Waals surface area (Å²) in [6, 6.07) is 28.5. The Labute approximate surface area is 344 Å². The molecule has 55 heavy (non-hydrogen) atoms. The van der Waals surface area contributed by atoms with Gasteiger partial charge in [0.15, 0.2) is 0 Å². The molecule has 1 fully saturated rings. The summed E-state index contributed by atoms with van der Waals surface area (Å²) in [5.74, 6) is 1.57. The second-order valence-corrected chi connectivity index (χ2v) is 18.1. The molecule has 0 N–H and O–H groups in total. The average molecular weight is 751 g/mol. The summed E-state index contributed by atoms with van der Waals surface area (Å²) in [6.45, 7) is 12.2. The number of hydrogen-bond donors (Lipinski definition) is 0. The minimum atomic E-state index is 0.213. The summed E-state index contributed by atoms with van der Waals surface area (Å²) in [5.41, 5.74) is 5.24. The number of allylic oxidation sites excluding steroid dienone is 2. The Morgan fingerprint density at radius 1 is 0.473 bits per heavy atom. The molecule has 2 aliphatic carbocycles. The summed E-state index contributed by atoms with van der Waals surface area (Å²) < 4.78 is 0. The zero-order chi connectivity index (χ0) is 39.3. The topological polar surface area (TPSA) is 0 Å². The van der Waals surface area contributed by atoms with Crippen LogP contribution in [0.4, 0.5) is 0 Å². The molecule has 0 nitrogen and oxygen atoms in total. The molecule has 2 aliphatic rings. The van der Waals surface area contributed by atoms with Crippen molar-refractivity contribution < 1.29 is 0 Å². The van der Waals surface area contributed by atoms with Gasteiger partial charge in [-0.15, -0.1) is 0 Å². The molecule has 2 atom stereocenters. The first kappa shape index (κ1) is 47.3. The van der Waals surface area contributed by atoms with Gasteiger partial charge in [-0.2, -0.15) is 0 Å². The van der Waals surface area contributed by atoms with Gasteiger partial charge in [-0.05, 0) is 111 Å². The molecule has 1 aromatic carbocycles. The molecule has 3 rings (SSSR count). The van der Waals surface area contributed by atoms with Gasteiger partial charge in [-0.1, -0.05) is 235 Å². The maximum absolute atomic E-state index is 2.59. The Hall–Kier alpha value is -2.08. The minimum Gasteiger partial charge on any atom is -0.0853 e. The van der Waals surface area contributed by atoms with Crippen LogP contribution in [0, 0.1) is 11.8 Å². The molecule has 0 radical (unpaired) electrons. The van der Waals surface area contributed by atoms with E-state index >= 15 is 0 Å². The first-order valence-corrected chi connectivity index (χ1v) is 24.5. The standard InChI is InChI=1S/C55H90/c1-6-47-55(10-5,52-43-31-23-17-15-13-11-12-14-16-18-24-32-44-52)53-45-33-26-20-25-30-41-51(42-34-27-35-46-53)54(8-3,9-4)48-50-38-29-22-19-21-28-37-49(7-2)39-36-40-50/h20,25-27,30,33-35,37,41-42,45-46,50,52H,6-19,21-24,28-29,31-32,36,38-40,43-44,47-48H2,1-5H3. The normalized spacial score (nSPS) is 20.7. The van der Waals surface area contributed by atoms with E-state index in [1.54, 1.807) is 11.1 Å². The predicted molar refractivity (Wildman–Crippen MR) is 247 cm³/mol. The Morgan fingerprint density at radius 3 is 1.44 bits per heavy atom. The Kier molecular flexibility index (Phi) is 25.1. The van der Waals surface area contributed by atoms with Gasteiger partial charge in [0, 0.05) is 0 Å². The van der Waals surface area contributed by atoms with Crippen LogP contribution in [0.15, 0.2) is 84.4 Å². The molecule has 0 heterocycles. The van der Waals surface area contributed by atoms with Crippen LogP contribution in [-0.4, -0.2) is 0 Å². The highest BCUT2D eigenvalue weighted by atomic mass is 14.4. The first-order chi connectivity index (χ1) is 27.1. The van der Waals surface area contributed by atoms with Crippen molar-refractivity contribution >= 4 is 0 Å². The van der Waals surface area contributed by atoms with E-state index in [1.165, 1.54) is 198 Å². The molecule has 0 aromatic heterocycles. The summed E-state index contributed by atoms with van der Waals surface area (Å²) >= 11 is 0. The summed E-state index contributed by atoms with van der Waals surface area (Å²) in [4.78, 5) is 0. The third kappa shape index (κ3) is 17.1. The van der Waals surface area contributed by atoms with Gasteiger partial charge in [0.05, 0.1) is 0 Å². The molecule has 0 bridgehead atoms. The third-order valence-corrected chi connectivity index (χ3v) is 14.5. The third-order valence-electron chi connectivity index (χ3n) is 14.5. The zero-order valence-electron chi connectivity index (χ0n) is 37.4. The Morgan fingerprint density at radius 2 is 0.927 bits per heavy atom. The van der Waals surface area contributed by atoms with Gasteiger partial charge >= 0.3 is 0 Å². The van der Waals surface area contributed by atoms with Crippen molar-refractivity contribution in [3.63, 3.8) is 0 Å². The number of rotatable bonds is 11. The fourth-order valence-electron chi connectivity index (χ4n) is 10.9. The van der Waals surface area contributed by atoms with Gasteiger partial charge in [-0.3, -0.25) is 0 Å². The van der Waals surface area contributed by atoms with Crippen molar-refractivity contribution in [3.8, 4) is 0 Å². The molecular weight excluding hydrogens is 661 g/mol. The molecule has 2 unspecified atom stereocenters. The van der Waals surface area contributed by atoms with Gasteiger partial charge in [0.25, 0.3) is 0 Å². The summed E-state index contributed by atoms with van der Waals surface area (Å²) in [6.07, 6.45) is 43.6. The fourth-order valence-corrected chi connectivity index (χ4v) is 10.9. The second-order valence-electron chi connectivity index (χ2n) is 18.1. The van der Waals surface area contributed by atoms with E-state index in [-0.39, 0.29) is 10.8 Å². The van der Waals surface area contributed by atoms with Crippen LogP contribution >= 0.6 is 0 Å². The lowest BCUT2D eigenvalue weighted by Gasteiger charge is -2.42. The van der Waals surface area contributed by atoms with Gasteiger partial charge < -0.3 is 0 Å². The van der Waals surface area contributed by atoms with Crippen molar-refractivity contribution in [1.82, 2.24) is 0 Å². The molecule has 310 valence electrons. The van der Waals surface area contributed by atoms with Crippen molar-refractivity contribution in [3.05, 3.63) is 95.6 Å². The lowest BCUT2D eigenvalue weighted by Crippen LogP contribution is -2.35. The second kappa shape index (κ2) is 29.2. The van der Waals surface area contributed by atoms with Crippen LogP contribution in [0.25, 0.3) is 0 Å². The highest BCUT2D eigenvalue weighted by Gasteiger charge is 2.37.